The van der Waals surface area contributed by atoms with E-state index in [1.54, 1.807) is 12.1 Å². The Labute approximate surface area is 140 Å². The van der Waals surface area contributed by atoms with Gasteiger partial charge in [0, 0.05) is 11.4 Å². The van der Waals surface area contributed by atoms with Crippen LogP contribution < -0.4 is 11.5 Å². The second-order valence-corrected chi connectivity index (χ2v) is 5.52. The first-order chi connectivity index (χ1) is 11.7. The fourth-order valence-electron chi connectivity index (χ4n) is 1.72. The van der Waals surface area contributed by atoms with Gasteiger partial charge in [0.25, 0.3) is 0 Å². The third-order valence-corrected chi connectivity index (χ3v) is 2.70. The highest BCUT2D eigenvalue weighted by Crippen LogP contribution is 2.11. The van der Waals surface area contributed by atoms with Gasteiger partial charge in [-0.25, -0.2) is 0 Å². The smallest absolute Gasteiger partial charge is 0.394 e. The van der Waals surface area contributed by atoms with Gasteiger partial charge in [0.1, 0.15) is 11.0 Å². The molecule has 132 valence electrons. The zero-order valence-corrected chi connectivity index (χ0v) is 13.3. The van der Waals surface area contributed by atoms with Gasteiger partial charge < -0.3 is 11.5 Å². The number of rotatable bonds is 0. The average Bonchev–Trinajstić information content (AvgIpc) is 3.13. The fourth-order valence-corrected chi connectivity index (χ4v) is 1.72. The summed E-state index contributed by atoms with van der Waals surface area (Å²) in [6, 6.07) is 10.9. The summed E-state index contributed by atoms with van der Waals surface area (Å²) in [7, 11) is -4.67. The Morgan fingerprint density at radius 3 is 1.52 bits per heavy atom. The lowest BCUT2D eigenvalue weighted by Gasteiger charge is -1.88. The van der Waals surface area contributed by atoms with E-state index in [9.17, 15) is 0 Å². The number of nitrogen functional groups attached to an aromatic ring is 2. The lowest BCUT2D eigenvalue weighted by atomic mass is 10.3. The molecule has 4 rings (SSSR count). The molecule has 25 heavy (non-hydrogen) atoms. The Bertz CT molecular complexity index is 995. The first-order valence-corrected chi connectivity index (χ1v) is 7.94. The molecule has 0 bridgehead atoms. The SMILES string of the molecule is Nc1ccc2[nH]nnc2c1.Nc1ccc2[nH]nnc2c1.O=S(=O)(O)O. The van der Waals surface area contributed by atoms with E-state index in [2.05, 4.69) is 30.8 Å². The van der Waals surface area contributed by atoms with Crippen molar-refractivity contribution in [2.75, 3.05) is 11.5 Å². The molecule has 0 radical (unpaired) electrons. The van der Waals surface area contributed by atoms with Gasteiger partial charge in [0.2, 0.25) is 0 Å². The molecule has 0 saturated heterocycles. The van der Waals surface area contributed by atoms with Crippen LogP contribution in [-0.2, 0) is 10.4 Å². The zero-order valence-electron chi connectivity index (χ0n) is 12.5. The first-order valence-electron chi connectivity index (χ1n) is 6.55. The largest absolute Gasteiger partial charge is 0.399 e. The molecule has 2 aromatic carbocycles. The average molecular weight is 366 g/mol. The number of nitrogens with two attached hydrogens (primary N) is 2. The lowest BCUT2D eigenvalue weighted by molar-refractivity contribution is 0.381. The molecular formula is C12H14N8O4S. The molecule has 8 N–H and O–H groups in total. The number of H-pyrrole nitrogens is 2. The number of hydrogen-bond donors (Lipinski definition) is 6. The summed E-state index contributed by atoms with van der Waals surface area (Å²) in [5.74, 6) is 0. The molecule has 0 aliphatic carbocycles. The molecular weight excluding hydrogens is 352 g/mol. The van der Waals surface area contributed by atoms with Crippen LogP contribution in [0, 0.1) is 0 Å². The van der Waals surface area contributed by atoms with Crippen molar-refractivity contribution in [1.82, 2.24) is 30.8 Å². The van der Waals surface area contributed by atoms with Gasteiger partial charge in [-0.1, -0.05) is 10.4 Å². The van der Waals surface area contributed by atoms with Gasteiger partial charge in [-0.05, 0) is 36.4 Å². The minimum atomic E-state index is -4.67. The second-order valence-electron chi connectivity index (χ2n) is 4.62. The highest BCUT2D eigenvalue weighted by Gasteiger charge is 1.95. The molecule has 0 unspecified atom stereocenters. The van der Waals surface area contributed by atoms with Crippen molar-refractivity contribution < 1.29 is 17.5 Å². The molecule has 0 fully saturated rings. The van der Waals surface area contributed by atoms with Gasteiger partial charge in [0.05, 0.1) is 11.0 Å². The van der Waals surface area contributed by atoms with Crippen molar-refractivity contribution >= 4 is 43.8 Å². The van der Waals surface area contributed by atoms with E-state index in [1.807, 2.05) is 24.3 Å². The Balaban J connectivity index is 0.000000144. The topological polar surface area (TPSA) is 210 Å². The summed E-state index contributed by atoms with van der Waals surface area (Å²) in [6.45, 7) is 0. The molecule has 2 heterocycles. The van der Waals surface area contributed by atoms with Gasteiger partial charge in [-0.3, -0.25) is 19.3 Å². The second kappa shape index (κ2) is 7.52. The van der Waals surface area contributed by atoms with E-state index in [0.717, 1.165) is 22.1 Å². The van der Waals surface area contributed by atoms with Crippen LogP contribution in [0.5, 0.6) is 0 Å². The standard InChI is InChI=1S/2C6H6N4.H2O4S/c2*7-4-1-2-5-6(3-4)9-10-8-5;1-5(2,3)4/h2*1-3H,7H2,(H,8,9,10);(H2,1,2,3,4). The Morgan fingerprint density at radius 2 is 1.16 bits per heavy atom. The van der Waals surface area contributed by atoms with Crippen molar-refractivity contribution in [3.05, 3.63) is 36.4 Å². The van der Waals surface area contributed by atoms with E-state index in [1.165, 1.54) is 0 Å². The predicted octanol–water partition coefficient (Wildman–Crippen LogP) is 0.427. The zero-order chi connectivity index (χ0) is 18.4. The minimum absolute atomic E-state index is 0.710. The molecule has 0 amide bonds. The molecule has 0 atom stereocenters. The van der Waals surface area contributed by atoms with Crippen molar-refractivity contribution in [2.24, 2.45) is 0 Å². The van der Waals surface area contributed by atoms with E-state index in [-0.39, 0.29) is 0 Å². The summed E-state index contributed by atoms with van der Waals surface area (Å²) in [4.78, 5) is 0. The lowest BCUT2D eigenvalue weighted by Crippen LogP contribution is -1.89. The van der Waals surface area contributed by atoms with Crippen molar-refractivity contribution in [2.45, 2.75) is 0 Å². The van der Waals surface area contributed by atoms with Gasteiger partial charge in [0.15, 0.2) is 0 Å². The molecule has 0 spiro atoms. The number of nitrogens with one attached hydrogen (secondary N) is 2. The fraction of sp³-hybridized carbons (Fsp3) is 0. The third-order valence-electron chi connectivity index (χ3n) is 2.70. The Morgan fingerprint density at radius 1 is 0.800 bits per heavy atom. The maximum Gasteiger partial charge on any atom is 0.394 e. The monoisotopic (exact) mass is 366 g/mol. The van der Waals surface area contributed by atoms with E-state index >= 15 is 0 Å². The number of hydrogen-bond acceptors (Lipinski definition) is 8. The van der Waals surface area contributed by atoms with Crippen LogP contribution in [0.3, 0.4) is 0 Å². The maximum absolute atomic E-state index is 8.74. The van der Waals surface area contributed by atoms with Crippen molar-refractivity contribution in [3.8, 4) is 0 Å². The summed E-state index contributed by atoms with van der Waals surface area (Å²) in [5.41, 5.74) is 15.9. The van der Waals surface area contributed by atoms with Crippen LogP contribution in [0.1, 0.15) is 0 Å². The first kappa shape index (κ1) is 18.1. The molecule has 0 saturated carbocycles. The summed E-state index contributed by atoms with van der Waals surface area (Å²) in [6.07, 6.45) is 0. The molecule has 0 aliphatic rings. The normalized spacial score (nSPS) is 10.6. The highest BCUT2D eigenvalue weighted by atomic mass is 32.3. The Hall–Kier alpha value is -3.29. The quantitative estimate of drug-likeness (QED) is 0.186. The third kappa shape index (κ3) is 6.02. The predicted molar refractivity (Wildman–Crippen MR) is 90.8 cm³/mol. The number of anilines is 2. The summed E-state index contributed by atoms with van der Waals surface area (Å²) in [5, 5.41) is 20.3. The van der Waals surface area contributed by atoms with Crippen LogP contribution in [0.25, 0.3) is 22.1 Å². The van der Waals surface area contributed by atoms with Gasteiger partial charge in [-0.2, -0.15) is 8.42 Å². The Kier molecular flexibility index (Phi) is 5.43. The maximum atomic E-state index is 8.74. The van der Waals surface area contributed by atoms with E-state index < -0.39 is 10.4 Å². The number of aromatic amines is 2. The summed E-state index contributed by atoms with van der Waals surface area (Å²) >= 11 is 0. The number of aromatic nitrogens is 6. The van der Waals surface area contributed by atoms with Crippen LogP contribution in [0.2, 0.25) is 0 Å². The van der Waals surface area contributed by atoms with Gasteiger partial charge in [-0.15, -0.1) is 10.2 Å². The minimum Gasteiger partial charge on any atom is -0.399 e. The van der Waals surface area contributed by atoms with E-state index in [0.29, 0.717) is 11.4 Å². The molecule has 13 heteroatoms. The highest BCUT2D eigenvalue weighted by molar-refractivity contribution is 7.79. The number of fused-ring (bicyclic) bond motifs is 2. The summed E-state index contributed by atoms with van der Waals surface area (Å²) < 4.78 is 31.6. The number of nitrogens with zero attached hydrogens (tertiary/aromatic N) is 4. The van der Waals surface area contributed by atoms with Gasteiger partial charge >= 0.3 is 10.4 Å². The van der Waals surface area contributed by atoms with Crippen LogP contribution in [-0.4, -0.2) is 48.3 Å². The van der Waals surface area contributed by atoms with Crippen LogP contribution in [0.4, 0.5) is 11.4 Å². The van der Waals surface area contributed by atoms with E-state index in [4.69, 9.17) is 29.0 Å². The van der Waals surface area contributed by atoms with Crippen molar-refractivity contribution in [3.63, 3.8) is 0 Å². The van der Waals surface area contributed by atoms with Crippen LogP contribution >= 0.6 is 0 Å². The molecule has 4 aromatic rings. The van der Waals surface area contributed by atoms with Crippen molar-refractivity contribution in [1.29, 1.82) is 0 Å². The number of benzene rings is 2. The molecule has 12 nitrogen and oxygen atoms in total. The molecule has 2 aromatic heterocycles. The van der Waals surface area contributed by atoms with Crippen LogP contribution in [0.15, 0.2) is 36.4 Å². The molecule has 0 aliphatic heterocycles.